The van der Waals surface area contributed by atoms with Crippen molar-refractivity contribution >= 4 is 23.5 Å². The van der Waals surface area contributed by atoms with Crippen molar-refractivity contribution in [3.63, 3.8) is 0 Å². The Morgan fingerprint density at radius 1 is 0.719 bits per heavy atom. The molecule has 2 aromatic rings. The van der Waals surface area contributed by atoms with Gasteiger partial charge in [-0.15, -0.1) is 0 Å². The normalized spacial score (nSPS) is 10.7. The van der Waals surface area contributed by atoms with E-state index in [-0.39, 0.29) is 17.7 Å². The fraction of sp³-hybridized carbons (Fsp3) is 0.481. The molecule has 0 aliphatic heterocycles. The van der Waals surface area contributed by atoms with Crippen LogP contribution >= 0.6 is 11.6 Å². The van der Waals surface area contributed by atoms with E-state index in [4.69, 9.17) is 21.1 Å². The van der Waals surface area contributed by atoms with Gasteiger partial charge < -0.3 is 9.47 Å². The summed E-state index contributed by atoms with van der Waals surface area (Å²) in [6.45, 7) is 2.68. The van der Waals surface area contributed by atoms with Crippen molar-refractivity contribution < 1.29 is 19.1 Å². The lowest BCUT2D eigenvalue weighted by Gasteiger charge is -2.10. The number of benzene rings is 2. The molecule has 32 heavy (non-hydrogen) atoms. The smallest absolute Gasteiger partial charge is 0.339 e. The van der Waals surface area contributed by atoms with Crippen LogP contribution in [0.25, 0.3) is 0 Å². The number of rotatable bonds is 15. The van der Waals surface area contributed by atoms with Gasteiger partial charge in [-0.25, -0.2) is 9.59 Å². The molecular formula is C27H35ClO4. The molecule has 0 N–H and O–H groups in total. The molecule has 0 fully saturated rings. The average molecular weight is 459 g/mol. The zero-order valence-corrected chi connectivity index (χ0v) is 19.9. The summed E-state index contributed by atoms with van der Waals surface area (Å²) in [7, 11) is 0. The zero-order valence-electron chi connectivity index (χ0n) is 19.1. The summed E-state index contributed by atoms with van der Waals surface area (Å²) in [4.78, 5) is 25.0. The third kappa shape index (κ3) is 9.86. The van der Waals surface area contributed by atoms with Crippen molar-refractivity contribution in [1.29, 1.82) is 0 Å². The van der Waals surface area contributed by atoms with Gasteiger partial charge in [-0.05, 0) is 36.2 Å². The Balaban J connectivity index is 1.69. The number of carbonyl (C=O) groups excluding carboxylic acids is 2. The van der Waals surface area contributed by atoms with Gasteiger partial charge in [-0.3, -0.25) is 0 Å². The predicted octanol–water partition coefficient (Wildman–Crippen LogP) is 7.77. The van der Waals surface area contributed by atoms with E-state index in [1.54, 1.807) is 42.5 Å². The number of esters is 2. The molecule has 2 aromatic carbocycles. The van der Waals surface area contributed by atoms with Gasteiger partial charge in [0.05, 0.1) is 17.7 Å². The molecule has 0 spiro atoms. The monoisotopic (exact) mass is 458 g/mol. The van der Waals surface area contributed by atoms with Crippen LogP contribution in [0.15, 0.2) is 48.5 Å². The molecule has 4 nitrogen and oxygen atoms in total. The van der Waals surface area contributed by atoms with Crippen LogP contribution in [0.2, 0.25) is 5.02 Å². The van der Waals surface area contributed by atoms with Crippen LogP contribution in [0.5, 0.6) is 0 Å². The number of halogens is 1. The summed E-state index contributed by atoms with van der Waals surface area (Å²) in [5, 5.41) is 0.578. The van der Waals surface area contributed by atoms with Crippen LogP contribution in [-0.4, -0.2) is 18.5 Å². The first-order chi connectivity index (χ1) is 15.6. The molecule has 0 unspecified atom stereocenters. The lowest BCUT2D eigenvalue weighted by molar-refractivity contribution is 0.0436. The Labute approximate surface area is 197 Å². The highest BCUT2D eigenvalue weighted by Gasteiger charge is 2.19. The maximum absolute atomic E-state index is 12.5. The molecule has 0 amide bonds. The van der Waals surface area contributed by atoms with E-state index in [0.717, 1.165) is 24.8 Å². The molecule has 0 bridgehead atoms. The van der Waals surface area contributed by atoms with Crippen LogP contribution in [0.3, 0.4) is 0 Å². The standard InChI is InChI=1S/C27H35ClO4/c1-2-3-4-5-6-7-8-9-10-13-19-31-26(29)24-17-11-12-18-25(24)27(30)32-21-22-15-14-16-23(28)20-22/h11-12,14-18,20H,2-10,13,19,21H2,1H3. The second-order valence-corrected chi connectivity index (χ2v) is 8.51. The Morgan fingerprint density at radius 2 is 1.28 bits per heavy atom. The highest BCUT2D eigenvalue weighted by atomic mass is 35.5. The van der Waals surface area contributed by atoms with Gasteiger partial charge in [0.2, 0.25) is 0 Å². The van der Waals surface area contributed by atoms with E-state index >= 15 is 0 Å². The van der Waals surface area contributed by atoms with Gasteiger partial charge in [-0.2, -0.15) is 0 Å². The number of unbranched alkanes of at least 4 members (excludes halogenated alkanes) is 9. The fourth-order valence-electron chi connectivity index (χ4n) is 3.52. The number of hydrogen-bond donors (Lipinski definition) is 0. The molecule has 0 heterocycles. The highest BCUT2D eigenvalue weighted by Crippen LogP contribution is 2.16. The summed E-state index contributed by atoms with van der Waals surface area (Å²) in [5.41, 5.74) is 1.23. The van der Waals surface area contributed by atoms with E-state index in [9.17, 15) is 9.59 Å². The van der Waals surface area contributed by atoms with E-state index in [2.05, 4.69) is 6.92 Å². The van der Waals surface area contributed by atoms with Gasteiger partial charge in [0.1, 0.15) is 6.61 Å². The van der Waals surface area contributed by atoms with Gasteiger partial charge in [0.25, 0.3) is 0 Å². The van der Waals surface area contributed by atoms with Crippen LogP contribution in [0.1, 0.15) is 97.4 Å². The van der Waals surface area contributed by atoms with E-state index in [1.807, 2.05) is 6.07 Å². The van der Waals surface area contributed by atoms with Crippen molar-refractivity contribution in [2.75, 3.05) is 6.61 Å². The minimum absolute atomic E-state index is 0.0847. The quantitative estimate of drug-likeness (QED) is 0.202. The van der Waals surface area contributed by atoms with Gasteiger partial charge >= 0.3 is 11.9 Å². The van der Waals surface area contributed by atoms with Gasteiger partial charge in [0.15, 0.2) is 0 Å². The molecule has 0 radical (unpaired) electrons. The van der Waals surface area contributed by atoms with Crippen LogP contribution in [0.4, 0.5) is 0 Å². The third-order valence-electron chi connectivity index (χ3n) is 5.36. The number of hydrogen-bond acceptors (Lipinski definition) is 4. The summed E-state index contributed by atoms with van der Waals surface area (Å²) in [6.07, 6.45) is 12.2. The first-order valence-electron chi connectivity index (χ1n) is 11.8. The van der Waals surface area contributed by atoms with Crippen molar-refractivity contribution in [3.8, 4) is 0 Å². The highest BCUT2D eigenvalue weighted by molar-refractivity contribution is 6.30. The number of carbonyl (C=O) groups is 2. The molecular weight excluding hydrogens is 424 g/mol. The molecule has 0 saturated heterocycles. The second kappa shape index (κ2) is 15.5. The third-order valence-corrected chi connectivity index (χ3v) is 5.59. The minimum atomic E-state index is -0.559. The van der Waals surface area contributed by atoms with Crippen LogP contribution in [0, 0.1) is 0 Å². The average Bonchev–Trinajstić information content (AvgIpc) is 2.81. The van der Waals surface area contributed by atoms with Crippen molar-refractivity contribution in [2.45, 2.75) is 77.7 Å². The maximum atomic E-state index is 12.5. The number of ether oxygens (including phenoxy) is 2. The second-order valence-electron chi connectivity index (χ2n) is 8.07. The molecule has 174 valence electrons. The summed E-state index contributed by atoms with van der Waals surface area (Å²) < 4.78 is 10.8. The summed E-state index contributed by atoms with van der Waals surface area (Å²) in [6, 6.07) is 13.7. The molecule has 0 atom stereocenters. The Hall–Kier alpha value is -2.33. The van der Waals surface area contributed by atoms with E-state index < -0.39 is 11.9 Å². The van der Waals surface area contributed by atoms with Crippen molar-refractivity contribution in [2.24, 2.45) is 0 Å². The Kier molecular flexibility index (Phi) is 12.5. The first-order valence-corrected chi connectivity index (χ1v) is 12.2. The predicted molar refractivity (Wildman–Crippen MR) is 129 cm³/mol. The molecule has 0 saturated carbocycles. The van der Waals surface area contributed by atoms with E-state index in [1.165, 1.54) is 44.9 Å². The zero-order chi connectivity index (χ0) is 23.0. The fourth-order valence-corrected chi connectivity index (χ4v) is 3.74. The van der Waals surface area contributed by atoms with Gasteiger partial charge in [-0.1, -0.05) is 101 Å². The largest absolute Gasteiger partial charge is 0.462 e. The molecule has 0 aromatic heterocycles. The minimum Gasteiger partial charge on any atom is -0.462 e. The molecule has 2 rings (SSSR count). The summed E-state index contributed by atoms with van der Waals surface area (Å²) in [5.74, 6) is -1.05. The SMILES string of the molecule is CCCCCCCCCCCCOC(=O)c1ccccc1C(=O)OCc1cccc(Cl)c1. The Bertz CT molecular complexity index is 834. The lowest BCUT2D eigenvalue weighted by Crippen LogP contribution is -2.14. The topological polar surface area (TPSA) is 52.6 Å². The first kappa shape index (κ1) is 25.9. The van der Waals surface area contributed by atoms with Crippen molar-refractivity contribution in [1.82, 2.24) is 0 Å². The maximum Gasteiger partial charge on any atom is 0.339 e. The van der Waals surface area contributed by atoms with Crippen molar-refractivity contribution in [3.05, 3.63) is 70.2 Å². The van der Waals surface area contributed by atoms with Gasteiger partial charge in [0, 0.05) is 5.02 Å². The summed E-state index contributed by atoms with van der Waals surface area (Å²) >= 11 is 5.96. The molecule has 0 aliphatic rings. The van der Waals surface area contributed by atoms with E-state index in [0.29, 0.717) is 11.6 Å². The molecule has 5 heteroatoms. The lowest BCUT2D eigenvalue weighted by atomic mass is 10.1. The van der Waals surface area contributed by atoms with Crippen LogP contribution < -0.4 is 0 Å². The van der Waals surface area contributed by atoms with Crippen LogP contribution in [-0.2, 0) is 16.1 Å². The molecule has 0 aliphatic carbocycles. The Morgan fingerprint density at radius 3 is 1.88 bits per heavy atom.